The number of carbonyl (C=O) groups excluding carboxylic acids is 2. The largest absolute Gasteiger partial charge is 0.306 e. The minimum atomic E-state index is -0.176. The van der Waals surface area contributed by atoms with Crippen molar-refractivity contribution in [1.82, 2.24) is 4.90 Å². The van der Waals surface area contributed by atoms with Crippen LogP contribution in [-0.4, -0.2) is 36.6 Å². The van der Waals surface area contributed by atoms with E-state index in [1.165, 1.54) is 0 Å². The van der Waals surface area contributed by atoms with Gasteiger partial charge in [0.2, 0.25) is 5.78 Å². The minimum Gasteiger partial charge on any atom is -0.306 e. The van der Waals surface area contributed by atoms with Gasteiger partial charge in [-0.25, -0.2) is 0 Å². The van der Waals surface area contributed by atoms with Crippen molar-refractivity contribution >= 4 is 11.6 Å². The first-order chi connectivity index (χ1) is 6.04. The maximum Gasteiger partial charge on any atom is 0.202 e. The Morgan fingerprint density at radius 3 is 2.54 bits per heavy atom. The number of nitrogens with zero attached hydrogens (tertiary/aromatic N) is 1. The third-order valence-electron chi connectivity index (χ3n) is 2.93. The topological polar surface area (TPSA) is 37.4 Å². The standard InChI is InChI=1S/C10H17NO2/c1-7(11(2)3)8-5-4-6-9(12)10(8)13/h7-8H,4-6H2,1-3H3. The van der Waals surface area contributed by atoms with E-state index in [2.05, 4.69) is 0 Å². The summed E-state index contributed by atoms with van der Waals surface area (Å²) in [7, 11) is 3.88. The predicted octanol–water partition coefficient (Wildman–Crippen LogP) is 0.875. The Kier molecular flexibility index (Phi) is 3.20. The van der Waals surface area contributed by atoms with Crippen molar-refractivity contribution in [3.8, 4) is 0 Å². The Bertz CT molecular complexity index is 223. The Balaban J connectivity index is 2.68. The average Bonchev–Trinajstić information content (AvgIpc) is 2.08. The first-order valence-corrected chi connectivity index (χ1v) is 4.77. The highest BCUT2D eigenvalue weighted by molar-refractivity contribution is 6.38. The van der Waals surface area contributed by atoms with Crippen LogP contribution in [0.25, 0.3) is 0 Å². The molecule has 1 aliphatic carbocycles. The van der Waals surface area contributed by atoms with Gasteiger partial charge in [0.25, 0.3) is 0 Å². The molecule has 0 saturated heterocycles. The maximum absolute atomic E-state index is 11.5. The van der Waals surface area contributed by atoms with E-state index in [1.807, 2.05) is 25.9 Å². The van der Waals surface area contributed by atoms with E-state index < -0.39 is 0 Å². The van der Waals surface area contributed by atoms with Crippen LogP contribution in [0.2, 0.25) is 0 Å². The molecule has 1 saturated carbocycles. The summed E-state index contributed by atoms with van der Waals surface area (Å²) >= 11 is 0. The molecule has 1 fully saturated rings. The van der Waals surface area contributed by atoms with Crippen molar-refractivity contribution in [2.75, 3.05) is 14.1 Å². The molecule has 0 heterocycles. The van der Waals surface area contributed by atoms with Crippen LogP contribution >= 0.6 is 0 Å². The lowest BCUT2D eigenvalue weighted by Gasteiger charge is -2.30. The summed E-state index contributed by atoms with van der Waals surface area (Å²) in [4.78, 5) is 24.7. The van der Waals surface area contributed by atoms with E-state index in [-0.39, 0.29) is 23.5 Å². The molecule has 0 aromatic heterocycles. The predicted molar refractivity (Wildman–Crippen MR) is 50.5 cm³/mol. The number of carbonyl (C=O) groups is 2. The summed E-state index contributed by atoms with van der Waals surface area (Å²) in [6.45, 7) is 2.00. The first kappa shape index (κ1) is 10.4. The maximum atomic E-state index is 11.5. The Hall–Kier alpha value is -0.700. The first-order valence-electron chi connectivity index (χ1n) is 4.77. The Morgan fingerprint density at radius 1 is 1.38 bits per heavy atom. The van der Waals surface area contributed by atoms with Gasteiger partial charge in [0, 0.05) is 18.4 Å². The molecule has 1 rings (SSSR count). The Labute approximate surface area is 79.1 Å². The van der Waals surface area contributed by atoms with Gasteiger partial charge in [-0.05, 0) is 33.9 Å². The summed E-state index contributed by atoms with van der Waals surface area (Å²) in [6, 6.07) is 0.178. The van der Waals surface area contributed by atoms with E-state index in [4.69, 9.17) is 0 Å². The molecule has 0 amide bonds. The second-order valence-corrected chi connectivity index (χ2v) is 3.99. The zero-order valence-electron chi connectivity index (χ0n) is 8.54. The van der Waals surface area contributed by atoms with Crippen LogP contribution < -0.4 is 0 Å². The van der Waals surface area contributed by atoms with Gasteiger partial charge in [0.05, 0.1) is 0 Å². The van der Waals surface area contributed by atoms with Gasteiger partial charge in [0.15, 0.2) is 5.78 Å². The van der Waals surface area contributed by atoms with Crippen LogP contribution in [0.3, 0.4) is 0 Å². The van der Waals surface area contributed by atoms with Gasteiger partial charge in [-0.2, -0.15) is 0 Å². The lowest BCUT2D eigenvalue weighted by Crippen LogP contribution is -2.42. The van der Waals surface area contributed by atoms with E-state index in [0.717, 1.165) is 12.8 Å². The molecule has 2 unspecified atom stereocenters. The smallest absolute Gasteiger partial charge is 0.202 e. The normalized spacial score (nSPS) is 26.6. The minimum absolute atomic E-state index is 0.0729. The molecule has 0 bridgehead atoms. The molecule has 0 radical (unpaired) electrons. The molecular weight excluding hydrogens is 166 g/mol. The molecule has 0 aromatic rings. The van der Waals surface area contributed by atoms with Gasteiger partial charge in [-0.15, -0.1) is 0 Å². The van der Waals surface area contributed by atoms with Gasteiger partial charge in [-0.3, -0.25) is 9.59 Å². The van der Waals surface area contributed by atoms with E-state index in [9.17, 15) is 9.59 Å². The van der Waals surface area contributed by atoms with E-state index in [1.54, 1.807) is 0 Å². The van der Waals surface area contributed by atoms with Crippen LogP contribution in [0.4, 0.5) is 0 Å². The molecule has 74 valence electrons. The van der Waals surface area contributed by atoms with Crippen molar-refractivity contribution in [1.29, 1.82) is 0 Å². The highest BCUT2D eigenvalue weighted by Gasteiger charge is 2.33. The average molecular weight is 183 g/mol. The summed E-state index contributed by atoms with van der Waals surface area (Å²) in [6.07, 6.45) is 2.19. The van der Waals surface area contributed by atoms with Crippen LogP contribution in [0.15, 0.2) is 0 Å². The lowest BCUT2D eigenvalue weighted by atomic mass is 9.82. The fourth-order valence-corrected chi connectivity index (χ4v) is 1.76. The zero-order valence-corrected chi connectivity index (χ0v) is 8.54. The van der Waals surface area contributed by atoms with Gasteiger partial charge in [0.1, 0.15) is 0 Å². The highest BCUT2D eigenvalue weighted by atomic mass is 16.2. The van der Waals surface area contributed by atoms with Crippen LogP contribution in [-0.2, 0) is 9.59 Å². The van der Waals surface area contributed by atoms with Crippen LogP contribution in [0, 0.1) is 5.92 Å². The molecule has 0 aliphatic heterocycles. The highest BCUT2D eigenvalue weighted by Crippen LogP contribution is 2.23. The van der Waals surface area contributed by atoms with Crippen molar-refractivity contribution in [3.05, 3.63) is 0 Å². The number of ketones is 2. The monoisotopic (exact) mass is 183 g/mol. The molecular formula is C10H17NO2. The fraction of sp³-hybridized carbons (Fsp3) is 0.800. The number of hydrogen-bond donors (Lipinski definition) is 0. The molecule has 0 spiro atoms. The van der Waals surface area contributed by atoms with Crippen LogP contribution in [0.1, 0.15) is 26.2 Å². The van der Waals surface area contributed by atoms with Gasteiger partial charge < -0.3 is 4.90 Å². The second-order valence-electron chi connectivity index (χ2n) is 3.99. The lowest BCUT2D eigenvalue weighted by molar-refractivity contribution is -0.142. The second kappa shape index (κ2) is 4.01. The summed E-state index contributed by atoms with van der Waals surface area (Å²) in [5.74, 6) is -0.409. The van der Waals surface area contributed by atoms with Gasteiger partial charge in [-0.1, -0.05) is 0 Å². The van der Waals surface area contributed by atoms with E-state index >= 15 is 0 Å². The molecule has 3 heteroatoms. The van der Waals surface area contributed by atoms with Crippen molar-refractivity contribution in [2.45, 2.75) is 32.2 Å². The molecule has 0 N–H and O–H groups in total. The SMILES string of the molecule is CC(C1CCCC(=O)C1=O)N(C)C. The number of rotatable bonds is 2. The fourth-order valence-electron chi connectivity index (χ4n) is 1.76. The number of Topliss-reactive ketones (excluding diaryl/α,β-unsaturated/α-hetero) is 2. The van der Waals surface area contributed by atoms with Crippen molar-refractivity contribution in [3.63, 3.8) is 0 Å². The molecule has 1 aliphatic rings. The third kappa shape index (κ3) is 2.15. The summed E-state index contributed by atoms with van der Waals surface area (Å²) in [5.41, 5.74) is 0. The Morgan fingerprint density at radius 2 is 2.00 bits per heavy atom. The van der Waals surface area contributed by atoms with Crippen molar-refractivity contribution < 1.29 is 9.59 Å². The van der Waals surface area contributed by atoms with E-state index in [0.29, 0.717) is 6.42 Å². The molecule has 0 aromatic carbocycles. The molecule has 2 atom stereocenters. The quantitative estimate of drug-likeness (QED) is 0.596. The van der Waals surface area contributed by atoms with Gasteiger partial charge >= 0.3 is 0 Å². The van der Waals surface area contributed by atoms with Crippen LogP contribution in [0.5, 0.6) is 0 Å². The summed E-state index contributed by atoms with van der Waals surface area (Å²) < 4.78 is 0. The zero-order chi connectivity index (χ0) is 10.0. The van der Waals surface area contributed by atoms with Crippen molar-refractivity contribution in [2.24, 2.45) is 5.92 Å². The number of hydrogen-bond acceptors (Lipinski definition) is 3. The third-order valence-corrected chi connectivity index (χ3v) is 2.93. The molecule has 3 nitrogen and oxygen atoms in total. The molecule has 13 heavy (non-hydrogen) atoms. The summed E-state index contributed by atoms with van der Waals surface area (Å²) in [5, 5.41) is 0.